The summed E-state index contributed by atoms with van der Waals surface area (Å²) in [6.07, 6.45) is 0.210. The van der Waals surface area contributed by atoms with Gasteiger partial charge in [0.15, 0.2) is 5.78 Å². The summed E-state index contributed by atoms with van der Waals surface area (Å²) in [7, 11) is 1.57. The first-order chi connectivity index (χ1) is 8.72. The molecular weight excluding hydrogens is 228 g/mol. The van der Waals surface area contributed by atoms with Crippen LogP contribution < -0.4 is 4.74 Å². The van der Waals surface area contributed by atoms with Crippen LogP contribution in [0.5, 0.6) is 11.5 Å². The Bertz CT molecular complexity index is 561. The van der Waals surface area contributed by atoms with Crippen LogP contribution in [0.4, 0.5) is 0 Å². The molecule has 0 unspecified atom stereocenters. The lowest BCUT2D eigenvalue weighted by molar-refractivity contribution is 0.0989. The zero-order valence-corrected chi connectivity index (χ0v) is 10.1. The van der Waals surface area contributed by atoms with Gasteiger partial charge in [-0.1, -0.05) is 30.3 Å². The molecular formula is C15H14O3. The Morgan fingerprint density at radius 3 is 2.50 bits per heavy atom. The first-order valence-corrected chi connectivity index (χ1v) is 5.65. The molecule has 0 aliphatic carbocycles. The zero-order valence-electron chi connectivity index (χ0n) is 10.1. The molecule has 0 spiro atoms. The van der Waals surface area contributed by atoms with E-state index in [9.17, 15) is 9.90 Å². The number of hydrogen-bond donors (Lipinski definition) is 1. The Morgan fingerprint density at radius 2 is 1.78 bits per heavy atom. The molecule has 0 atom stereocenters. The zero-order chi connectivity index (χ0) is 13.0. The minimum atomic E-state index is -0.127. The summed E-state index contributed by atoms with van der Waals surface area (Å²) in [6, 6.07) is 13.9. The second kappa shape index (κ2) is 5.36. The van der Waals surface area contributed by atoms with E-state index >= 15 is 0 Å². The maximum atomic E-state index is 12.1. The molecule has 3 nitrogen and oxygen atoms in total. The number of ether oxygens (including phenoxy) is 1. The van der Waals surface area contributed by atoms with Crippen LogP contribution in [0.1, 0.15) is 15.9 Å². The summed E-state index contributed by atoms with van der Waals surface area (Å²) in [4.78, 5) is 12.1. The van der Waals surface area contributed by atoms with Gasteiger partial charge in [0.05, 0.1) is 12.7 Å². The number of aromatic hydroxyl groups is 1. The molecule has 3 heteroatoms. The molecule has 1 N–H and O–H groups in total. The van der Waals surface area contributed by atoms with E-state index < -0.39 is 0 Å². The third kappa shape index (κ3) is 2.51. The summed E-state index contributed by atoms with van der Waals surface area (Å²) in [5, 5.41) is 9.63. The standard InChI is InChI=1S/C15H14O3/c1-18-15-9-5-2-6-11(15)10-14(17)12-7-3-4-8-13(12)16/h2-9,16H,10H2,1H3. The summed E-state index contributed by atoms with van der Waals surface area (Å²) in [6.45, 7) is 0. The third-order valence-corrected chi connectivity index (χ3v) is 2.75. The fourth-order valence-electron chi connectivity index (χ4n) is 1.83. The molecule has 2 aromatic carbocycles. The van der Waals surface area contributed by atoms with E-state index in [4.69, 9.17) is 4.74 Å². The highest BCUT2D eigenvalue weighted by Gasteiger charge is 2.13. The van der Waals surface area contributed by atoms with E-state index in [0.29, 0.717) is 11.3 Å². The number of phenols is 1. The van der Waals surface area contributed by atoms with Crippen LogP contribution in [-0.2, 0) is 6.42 Å². The van der Waals surface area contributed by atoms with Crippen molar-refractivity contribution < 1.29 is 14.6 Å². The Balaban J connectivity index is 2.24. The average Bonchev–Trinajstić information content (AvgIpc) is 2.39. The molecule has 2 aromatic rings. The fraction of sp³-hybridized carbons (Fsp3) is 0.133. The van der Waals surface area contributed by atoms with Gasteiger partial charge in [-0.2, -0.15) is 0 Å². The van der Waals surface area contributed by atoms with Gasteiger partial charge >= 0.3 is 0 Å². The summed E-state index contributed by atoms with van der Waals surface area (Å²) >= 11 is 0. The average molecular weight is 242 g/mol. The Labute approximate surface area is 106 Å². The molecule has 2 rings (SSSR count). The molecule has 0 amide bonds. The maximum Gasteiger partial charge on any atom is 0.171 e. The second-order valence-corrected chi connectivity index (χ2v) is 3.93. The number of para-hydroxylation sites is 2. The second-order valence-electron chi connectivity index (χ2n) is 3.93. The van der Waals surface area contributed by atoms with Gasteiger partial charge in [0.1, 0.15) is 11.5 Å². The van der Waals surface area contributed by atoms with Crippen molar-refractivity contribution in [1.82, 2.24) is 0 Å². The largest absolute Gasteiger partial charge is 0.507 e. The van der Waals surface area contributed by atoms with Gasteiger partial charge in [-0.15, -0.1) is 0 Å². The Kier molecular flexibility index (Phi) is 3.63. The lowest BCUT2D eigenvalue weighted by Gasteiger charge is -2.08. The van der Waals surface area contributed by atoms with Crippen molar-refractivity contribution in [3.8, 4) is 11.5 Å². The number of benzene rings is 2. The van der Waals surface area contributed by atoms with Gasteiger partial charge in [0.25, 0.3) is 0 Å². The monoisotopic (exact) mass is 242 g/mol. The van der Waals surface area contributed by atoms with Crippen LogP contribution in [0.2, 0.25) is 0 Å². The molecule has 0 saturated heterocycles. The number of rotatable bonds is 4. The molecule has 0 aliphatic heterocycles. The van der Waals surface area contributed by atoms with E-state index in [2.05, 4.69) is 0 Å². The van der Waals surface area contributed by atoms with E-state index in [1.807, 2.05) is 24.3 Å². The number of Topliss-reactive ketones (excluding diaryl/α,β-unsaturated/α-hetero) is 1. The molecule has 0 heterocycles. The van der Waals surface area contributed by atoms with Crippen LogP contribution in [-0.4, -0.2) is 18.0 Å². The molecule has 0 saturated carbocycles. The van der Waals surface area contributed by atoms with Crippen LogP contribution in [0.3, 0.4) is 0 Å². The predicted octanol–water partition coefficient (Wildman–Crippen LogP) is 2.83. The van der Waals surface area contributed by atoms with Crippen LogP contribution >= 0.6 is 0 Å². The molecule has 0 aromatic heterocycles. The molecule has 18 heavy (non-hydrogen) atoms. The topological polar surface area (TPSA) is 46.5 Å². The summed E-state index contributed by atoms with van der Waals surface area (Å²) in [5.74, 6) is 0.566. The first kappa shape index (κ1) is 12.2. The van der Waals surface area contributed by atoms with Gasteiger partial charge in [-0.3, -0.25) is 4.79 Å². The van der Waals surface area contributed by atoms with Gasteiger partial charge in [0.2, 0.25) is 0 Å². The molecule has 0 radical (unpaired) electrons. The maximum absolute atomic E-state index is 12.1. The van der Waals surface area contributed by atoms with Gasteiger partial charge < -0.3 is 9.84 Å². The molecule has 0 bridgehead atoms. The van der Waals surface area contributed by atoms with Crippen molar-refractivity contribution >= 4 is 5.78 Å². The molecule has 0 aliphatic rings. The number of carbonyl (C=O) groups is 1. The number of phenolic OH excluding ortho intramolecular Hbond substituents is 1. The number of hydrogen-bond acceptors (Lipinski definition) is 3. The normalized spacial score (nSPS) is 10.1. The van der Waals surface area contributed by atoms with Crippen LogP contribution in [0, 0.1) is 0 Å². The van der Waals surface area contributed by atoms with E-state index in [0.717, 1.165) is 5.56 Å². The molecule has 92 valence electrons. The van der Waals surface area contributed by atoms with Gasteiger partial charge in [0, 0.05) is 12.0 Å². The lowest BCUT2D eigenvalue weighted by atomic mass is 10.0. The molecule has 0 fully saturated rings. The van der Waals surface area contributed by atoms with Crippen molar-refractivity contribution in [3.05, 3.63) is 59.7 Å². The summed E-state index contributed by atoms with van der Waals surface area (Å²) in [5.41, 5.74) is 1.15. The van der Waals surface area contributed by atoms with Crippen LogP contribution in [0.25, 0.3) is 0 Å². The number of carbonyl (C=O) groups excluding carboxylic acids is 1. The van der Waals surface area contributed by atoms with E-state index in [1.165, 1.54) is 6.07 Å². The summed E-state index contributed by atoms with van der Waals surface area (Å²) < 4.78 is 5.20. The Morgan fingerprint density at radius 1 is 1.11 bits per heavy atom. The quantitative estimate of drug-likeness (QED) is 0.838. The van der Waals surface area contributed by atoms with Crippen molar-refractivity contribution in [3.63, 3.8) is 0 Å². The minimum Gasteiger partial charge on any atom is -0.507 e. The van der Waals surface area contributed by atoms with Gasteiger partial charge in [-0.05, 0) is 18.2 Å². The van der Waals surface area contributed by atoms with Crippen molar-refractivity contribution in [2.24, 2.45) is 0 Å². The van der Waals surface area contributed by atoms with Crippen molar-refractivity contribution in [2.45, 2.75) is 6.42 Å². The Hall–Kier alpha value is -2.29. The number of methoxy groups -OCH3 is 1. The highest BCUT2D eigenvalue weighted by atomic mass is 16.5. The highest BCUT2D eigenvalue weighted by molar-refractivity contribution is 6.00. The van der Waals surface area contributed by atoms with Gasteiger partial charge in [-0.25, -0.2) is 0 Å². The first-order valence-electron chi connectivity index (χ1n) is 5.65. The SMILES string of the molecule is COc1ccccc1CC(=O)c1ccccc1O. The fourth-order valence-corrected chi connectivity index (χ4v) is 1.83. The van der Waals surface area contributed by atoms with Crippen LogP contribution in [0.15, 0.2) is 48.5 Å². The predicted molar refractivity (Wildman–Crippen MR) is 69.1 cm³/mol. The van der Waals surface area contributed by atoms with Crippen molar-refractivity contribution in [2.75, 3.05) is 7.11 Å². The van der Waals surface area contributed by atoms with Crippen molar-refractivity contribution in [1.29, 1.82) is 0 Å². The minimum absolute atomic E-state index is 0.0115. The smallest absolute Gasteiger partial charge is 0.171 e. The van der Waals surface area contributed by atoms with E-state index in [1.54, 1.807) is 25.3 Å². The van der Waals surface area contributed by atoms with E-state index in [-0.39, 0.29) is 18.0 Å². The lowest BCUT2D eigenvalue weighted by Crippen LogP contribution is -2.05. The highest BCUT2D eigenvalue weighted by Crippen LogP contribution is 2.22. The number of ketones is 1. The third-order valence-electron chi connectivity index (χ3n) is 2.75.